The van der Waals surface area contributed by atoms with Crippen LogP contribution in [0, 0.1) is 0 Å². The molecule has 0 fully saturated rings. The third kappa shape index (κ3) is 6.18. The quantitative estimate of drug-likeness (QED) is 0.324. The van der Waals surface area contributed by atoms with Crippen molar-refractivity contribution >= 4 is 36.8 Å². The molecule has 0 aliphatic heterocycles. The highest BCUT2D eigenvalue weighted by molar-refractivity contribution is 6.19. The fourth-order valence-electron chi connectivity index (χ4n) is 2.88. The van der Waals surface area contributed by atoms with E-state index >= 15 is 0 Å². The van der Waals surface area contributed by atoms with Gasteiger partial charge in [0.25, 0.3) is 0 Å². The molecule has 0 bridgehead atoms. The zero-order chi connectivity index (χ0) is 22.2. The topological polar surface area (TPSA) is 137 Å². The number of ether oxygens (including phenoxy) is 1. The number of fused-ring (bicyclic) bond motifs is 1. The monoisotopic (exact) mass is 421 g/mol. The summed E-state index contributed by atoms with van der Waals surface area (Å²) in [5, 5.41) is 5.48. The van der Waals surface area contributed by atoms with Gasteiger partial charge in [0, 0.05) is 26.6 Å². The van der Waals surface area contributed by atoms with Crippen LogP contribution in [0.4, 0.5) is 5.95 Å². The average Bonchev–Trinajstić information content (AvgIpc) is 3.16. The van der Waals surface area contributed by atoms with Crippen LogP contribution < -0.4 is 21.1 Å². The Labute approximate surface area is 181 Å². The third-order valence-corrected chi connectivity index (χ3v) is 4.47. The highest BCUT2D eigenvalue weighted by atomic mass is 16.5. The van der Waals surface area contributed by atoms with Gasteiger partial charge in [0.05, 0.1) is 14.2 Å². The van der Waals surface area contributed by atoms with Crippen molar-refractivity contribution in [3.05, 3.63) is 41.7 Å². The van der Waals surface area contributed by atoms with Crippen LogP contribution in [0.15, 0.2) is 30.6 Å². The van der Waals surface area contributed by atoms with E-state index in [0.717, 1.165) is 11.1 Å². The number of imidazole rings is 1. The molecule has 0 saturated heterocycles. The minimum absolute atomic E-state index is 0.0313. The molecule has 10 nitrogen and oxygen atoms in total. The van der Waals surface area contributed by atoms with Gasteiger partial charge in [-0.25, -0.2) is 4.98 Å². The Morgan fingerprint density at radius 1 is 1.16 bits per heavy atom. The molecule has 3 rings (SSSR count). The number of carbonyl (C=O) groups excluding carboxylic acids is 2. The number of nitrogens with zero attached hydrogens (tertiary/aromatic N) is 4. The van der Waals surface area contributed by atoms with E-state index in [9.17, 15) is 9.59 Å². The van der Waals surface area contributed by atoms with Crippen LogP contribution >= 0.6 is 0 Å². The van der Waals surface area contributed by atoms with Gasteiger partial charge in [0.15, 0.2) is 11.2 Å². The van der Waals surface area contributed by atoms with Crippen molar-refractivity contribution in [1.29, 1.82) is 0 Å². The Bertz CT molecular complexity index is 1050. The molecule has 0 saturated carbocycles. The number of hydrogen-bond acceptors (Lipinski definition) is 7. The first kappa shape index (κ1) is 22.1. The minimum Gasteiger partial charge on any atom is -0.471 e. The second-order valence-electron chi connectivity index (χ2n) is 6.92. The van der Waals surface area contributed by atoms with Gasteiger partial charge in [0.2, 0.25) is 23.6 Å². The van der Waals surface area contributed by atoms with Crippen molar-refractivity contribution in [3.8, 4) is 5.88 Å². The highest BCUT2D eigenvalue weighted by Crippen LogP contribution is 2.23. The normalized spacial score (nSPS) is 10.7. The number of anilines is 1. The van der Waals surface area contributed by atoms with Crippen LogP contribution in [0.1, 0.15) is 24.5 Å². The van der Waals surface area contributed by atoms with E-state index in [1.165, 1.54) is 6.92 Å². The summed E-state index contributed by atoms with van der Waals surface area (Å²) in [6.07, 6.45) is 2.30. The van der Waals surface area contributed by atoms with Crippen LogP contribution in [0.3, 0.4) is 0 Å². The van der Waals surface area contributed by atoms with Gasteiger partial charge in [-0.05, 0) is 23.9 Å². The molecule has 31 heavy (non-hydrogen) atoms. The van der Waals surface area contributed by atoms with Gasteiger partial charge in [-0.1, -0.05) is 24.3 Å². The second-order valence-corrected chi connectivity index (χ2v) is 6.92. The molecule has 11 heteroatoms. The van der Waals surface area contributed by atoms with E-state index in [2.05, 4.69) is 25.6 Å². The maximum atomic E-state index is 11.2. The lowest BCUT2D eigenvalue weighted by atomic mass is 10.1. The molecule has 3 aromatic rings. The molecular weight excluding hydrogens is 397 g/mol. The molecule has 160 valence electrons. The fraction of sp³-hybridized carbons (Fsp3) is 0.350. The predicted octanol–water partition coefficient (Wildman–Crippen LogP) is 0.717. The van der Waals surface area contributed by atoms with E-state index < -0.39 is 0 Å². The summed E-state index contributed by atoms with van der Waals surface area (Å²) >= 11 is 0. The number of amides is 2. The number of rotatable bonds is 10. The van der Waals surface area contributed by atoms with Gasteiger partial charge in [0.1, 0.15) is 6.61 Å². The highest BCUT2D eigenvalue weighted by Gasteiger charge is 2.14. The van der Waals surface area contributed by atoms with Crippen LogP contribution in [0.25, 0.3) is 11.2 Å². The lowest BCUT2D eigenvalue weighted by Crippen LogP contribution is -2.24. The van der Waals surface area contributed by atoms with Crippen LogP contribution in [0.2, 0.25) is 6.32 Å². The van der Waals surface area contributed by atoms with Crippen molar-refractivity contribution in [2.24, 2.45) is 0 Å². The molecule has 2 amide bonds. The van der Waals surface area contributed by atoms with E-state index in [0.29, 0.717) is 43.1 Å². The van der Waals surface area contributed by atoms with Gasteiger partial charge in [-0.2, -0.15) is 9.97 Å². The molecule has 1 aromatic carbocycles. The minimum atomic E-state index is -0.194. The van der Waals surface area contributed by atoms with Crippen LogP contribution in [0.5, 0.6) is 5.88 Å². The van der Waals surface area contributed by atoms with Gasteiger partial charge in [-0.3, -0.25) is 9.59 Å². The number of aryl methyl sites for hydroxylation is 1. The molecular formula is C20H24BN7O3. The maximum Gasteiger partial charge on any atom is 0.247 e. The Hall–Kier alpha value is -3.63. The number of aromatic nitrogens is 4. The summed E-state index contributed by atoms with van der Waals surface area (Å²) in [5.41, 5.74) is 8.88. The molecule has 2 radical (unpaired) electrons. The lowest BCUT2D eigenvalue weighted by molar-refractivity contribution is -0.119. The first-order valence-electron chi connectivity index (χ1n) is 9.86. The molecule has 2 heterocycles. The SMILES string of the molecule is [B]CC(=O)NCCCn1cnc2c(OCc3ccc(CNC(C)=O)cc3)nc(N)nc21. The van der Waals surface area contributed by atoms with E-state index in [-0.39, 0.29) is 30.7 Å². The molecule has 0 spiro atoms. The van der Waals surface area contributed by atoms with Gasteiger partial charge < -0.3 is 25.7 Å². The molecule has 4 N–H and O–H groups in total. The Morgan fingerprint density at radius 2 is 1.90 bits per heavy atom. The van der Waals surface area contributed by atoms with Gasteiger partial charge in [-0.15, -0.1) is 0 Å². The number of hydrogen-bond donors (Lipinski definition) is 3. The van der Waals surface area contributed by atoms with Crippen molar-refractivity contribution in [2.45, 2.75) is 39.4 Å². The largest absolute Gasteiger partial charge is 0.471 e. The summed E-state index contributed by atoms with van der Waals surface area (Å²) < 4.78 is 7.70. The fourth-order valence-corrected chi connectivity index (χ4v) is 2.88. The first-order chi connectivity index (χ1) is 15.0. The zero-order valence-electron chi connectivity index (χ0n) is 17.3. The molecule has 2 aromatic heterocycles. The summed E-state index contributed by atoms with van der Waals surface area (Å²) in [4.78, 5) is 35.0. The summed E-state index contributed by atoms with van der Waals surface area (Å²) in [6, 6.07) is 7.70. The molecule has 0 atom stereocenters. The van der Waals surface area contributed by atoms with Crippen molar-refractivity contribution < 1.29 is 14.3 Å². The van der Waals surface area contributed by atoms with Crippen molar-refractivity contribution in [3.63, 3.8) is 0 Å². The first-order valence-corrected chi connectivity index (χ1v) is 9.86. The van der Waals surface area contributed by atoms with E-state index in [4.69, 9.17) is 18.3 Å². The molecule has 0 aliphatic rings. The Kier molecular flexibility index (Phi) is 7.42. The van der Waals surface area contributed by atoms with E-state index in [1.54, 1.807) is 6.33 Å². The molecule has 0 unspecified atom stereocenters. The Morgan fingerprint density at radius 3 is 2.61 bits per heavy atom. The smallest absolute Gasteiger partial charge is 0.247 e. The molecule has 0 aliphatic carbocycles. The summed E-state index contributed by atoms with van der Waals surface area (Å²) in [6.45, 7) is 3.33. The zero-order valence-corrected chi connectivity index (χ0v) is 17.3. The van der Waals surface area contributed by atoms with Crippen molar-refractivity contribution in [1.82, 2.24) is 30.2 Å². The number of carbonyl (C=O) groups is 2. The Balaban J connectivity index is 1.63. The maximum absolute atomic E-state index is 11.2. The van der Waals surface area contributed by atoms with Gasteiger partial charge >= 0.3 is 0 Å². The predicted molar refractivity (Wildman–Crippen MR) is 116 cm³/mol. The average molecular weight is 421 g/mol. The number of nitrogens with two attached hydrogens (primary N) is 1. The van der Waals surface area contributed by atoms with Crippen LogP contribution in [-0.2, 0) is 29.3 Å². The summed E-state index contributed by atoms with van der Waals surface area (Å²) in [5.74, 6) is 0.129. The van der Waals surface area contributed by atoms with Crippen LogP contribution in [-0.4, -0.2) is 45.7 Å². The number of nitrogen functional groups attached to an aromatic ring is 1. The van der Waals surface area contributed by atoms with Crippen molar-refractivity contribution in [2.75, 3.05) is 12.3 Å². The summed E-state index contributed by atoms with van der Waals surface area (Å²) in [7, 11) is 5.27. The lowest BCUT2D eigenvalue weighted by Gasteiger charge is -2.09. The number of nitrogens with one attached hydrogen (secondary N) is 2. The standard InChI is InChI=1S/C20H24BN7O3/c1-13(29)24-10-14-3-5-15(6-4-14)11-31-19-17-18(26-20(22)27-19)28(12-25-17)8-2-7-23-16(30)9-21/h3-6,12H,2,7-11H2,1H3,(H,23,30)(H,24,29)(H2,22,26,27). The third-order valence-electron chi connectivity index (χ3n) is 4.47. The van der Waals surface area contributed by atoms with E-state index in [1.807, 2.05) is 28.8 Å². The second kappa shape index (κ2) is 10.4. The number of benzene rings is 1.